The molecule has 0 saturated carbocycles. The van der Waals surface area contributed by atoms with Crippen molar-refractivity contribution in [2.45, 2.75) is 53.1 Å². The zero-order valence-electron chi connectivity index (χ0n) is 16.1. The van der Waals surface area contributed by atoms with E-state index in [1.807, 2.05) is 36.4 Å². The van der Waals surface area contributed by atoms with Gasteiger partial charge in [-0.2, -0.15) is 0 Å². The minimum atomic E-state index is -0.237. The van der Waals surface area contributed by atoms with Crippen molar-refractivity contribution in [2.75, 3.05) is 0 Å². The molecular weight excluding hydrogens is 326 g/mol. The molecule has 3 aromatic rings. The van der Waals surface area contributed by atoms with Crippen molar-refractivity contribution in [2.24, 2.45) is 5.41 Å². The Morgan fingerprint density at radius 2 is 1.54 bits per heavy atom. The van der Waals surface area contributed by atoms with Gasteiger partial charge in [-0.05, 0) is 47.1 Å². The Balaban J connectivity index is 2.16. The first-order valence-electron chi connectivity index (χ1n) is 8.90. The van der Waals surface area contributed by atoms with E-state index in [0.29, 0.717) is 11.3 Å². The Morgan fingerprint density at radius 1 is 0.962 bits per heavy atom. The Morgan fingerprint density at radius 3 is 2.04 bits per heavy atom. The van der Waals surface area contributed by atoms with Gasteiger partial charge in [0.25, 0.3) is 0 Å². The first-order chi connectivity index (χ1) is 12.1. The maximum absolute atomic E-state index is 10.6. The molecule has 2 aromatic carbocycles. The number of hydrogen-bond donors (Lipinski definition) is 2. The number of aromatic nitrogens is 3. The SMILES string of the molecule is CC(C)(C)CC(C)(C)c1cc(CO)c(O)c(-n2nc3ccccc3n2)c1. The monoisotopic (exact) mass is 353 g/mol. The number of hydrogen-bond acceptors (Lipinski definition) is 4. The summed E-state index contributed by atoms with van der Waals surface area (Å²) in [6.45, 7) is 10.8. The minimum Gasteiger partial charge on any atom is -0.505 e. The summed E-state index contributed by atoms with van der Waals surface area (Å²) in [5, 5.41) is 29.3. The van der Waals surface area contributed by atoms with Gasteiger partial charge in [0.05, 0.1) is 6.61 Å². The van der Waals surface area contributed by atoms with Gasteiger partial charge < -0.3 is 10.2 Å². The minimum absolute atomic E-state index is 0.0168. The Kier molecular flexibility index (Phi) is 4.53. The smallest absolute Gasteiger partial charge is 0.148 e. The van der Waals surface area contributed by atoms with Gasteiger partial charge >= 0.3 is 0 Å². The van der Waals surface area contributed by atoms with Crippen molar-refractivity contribution in [3.8, 4) is 11.4 Å². The van der Waals surface area contributed by atoms with Crippen LogP contribution in [0.5, 0.6) is 5.75 Å². The Bertz CT molecular complexity index is 903. The van der Waals surface area contributed by atoms with E-state index < -0.39 is 0 Å². The van der Waals surface area contributed by atoms with Crippen molar-refractivity contribution in [1.29, 1.82) is 0 Å². The van der Waals surface area contributed by atoms with Crippen LogP contribution >= 0.6 is 0 Å². The Hall–Kier alpha value is -2.40. The van der Waals surface area contributed by atoms with Gasteiger partial charge in [-0.25, -0.2) is 0 Å². The van der Waals surface area contributed by atoms with Gasteiger partial charge in [0.15, 0.2) is 0 Å². The van der Waals surface area contributed by atoms with Gasteiger partial charge in [0, 0.05) is 5.56 Å². The molecule has 3 rings (SSSR count). The number of benzene rings is 2. The van der Waals surface area contributed by atoms with Crippen LogP contribution in [0.4, 0.5) is 0 Å². The van der Waals surface area contributed by atoms with Crippen molar-refractivity contribution >= 4 is 11.0 Å². The fourth-order valence-corrected chi connectivity index (χ4v) is 3.74. The maximum Gasteiger partial charge on any atom is 0.148 e. The zero-order valence-corrected chi connectivity index (χ0v) is 16.1. The molecule has 0 aliphatic heterocycles. The standard InChI is InChI=1S/C21H27N3O2/c1-20(2,3)13-21(4,5)15-10-14(12-25)19(26)18(11-15)24-22-16-8-6-7-9-17(16)23-24/h6-11,25-26H,12-13H2,1-5H3. The molecule has 26 heavy (non-hydrogen) atoms. The largest absolute Gasteiger partial charge is 0.505 e. The maximum atomic E-state index is 10.6. The van der Waals surface area contributed by atoms with Crippen LogP contribution in [-0.4, -0.2) is 25.2 Å². The summed E-state index contributed by atoms with van der Waals surface area (Å²) in [6, 6.07) is 11.4. The number of aromatic hydroxyl groups is 1. The van der Waals surface area contributed by atoms with Crippen molar-refractivity contribution in [1.82, 2.24) is 15.0 Å². The van der Waals surface area contributed by atoms with Gasteiger partial charge in [-0.3, -0.25) is 0 Å². The fraction of sp³-hybridized carbons (Fsp3) is 0.429. The summed E-state index contributed by atoms with van der Waals surface area (Å²) < 4.78 is 0. The van der Waals surface area contributed by atoms with E-state index >= 15 is 0 Å². The summed E-state index contributed by atoms with van der Waals surface area (Å²) in [5.41, 5.74) is 3.57. The topological polar surface area (TPSA) is 71.2 Å². The predicted molar refractivity (Wildman–Crippen MR) is 104 cm³/mol. The highest BCUT2D eigenvalue weighted by Gasteiger charge is 2.29. The van der Waals surface area contributed by atoms with E-state index in [-0.39, 0.29) is 23.2 Å². The summed E-state index contributed by atoms with van der Waals surface area (Å²) >= 11 is 0. The fourth-order valence-electron chi connectivity index (χ4n) is 3.74. The second kappa shape index (κ2) is 6.40. The van der Waals surface area contributed by atoms with E-state index in [9.17, 15) is 10.2 Å². The number of rotatable bonds is 4. The highest BCUT2D eigenvalue weighted by atomic mass is 16.3. The third kappa shape index (κ3) is 3.58. The van der Waals surface area contributed by atoms with Gasteiger partial charge in [-0.15, -0.1) is 15.0 Å². The Labute approximate surface area is 154 Å². The van der Waals surface area contributed by atoms with Crippen LogP contribution < -0.4 is 0 Å². The summed E-state index contributed by atoms with van der Waals surface area (Å²) in [5.74, 6) is 0.0168. The average molecular weight is 353 g/mol. The normalized spacial score (nSPS) is 12.7. The van der Waals surface area contributed by atoms with Crippen LogP contribution in [0.1, 0.15) is 52.2 Å². The van der Waals surface area contributed by atoms with E-state index in [1.165, 1.54) is 4.80 Å². The van der Waals surface area contributed by atoms with Crippen LogP contribution in [0.3, 0.4) is 0 Å². The molecule has 0 aliphatic rings. The lowest BCUT2D eigenvalue weighted by atomic mass is 9.72. The lowest BCUT2D eigenvalue weighted by molar-refractivity contribution is 0.271. The lowest BCUT2D eigenvalue weighted by Crippen LogP contribution is -2.25. The summed E-state index contributed by atoms with van der Waals surface area (Å²) in [6.07, 6.45) is 0.962. The van der Waals surface area contributed by atoms with Gasteiger partial charge in [0.2, 0.25) is 0 Å². The molecule has 2 N–H and O–H groups in total. The van der Waals surface area contributed by atoms with Gasteiger partial charge in [0.1, 0.15) is 22.5 Å². The molecule has 5 nitrogen and oxygen atoms in total. The van der Waals surface area contributed by atoms with Crippen LogP contribution in [0.25, 0.3) is 16.7 Å². The molecule has 0 bridgehead atoms. The number of fused-ring (bicyclic) bond motifs is 1. The van der Waals surface area contributed by atoms with Crippen molar-refractivity contribution < 1.29 is 10.2 Å². The van der Waals surface area contributed by atoms with Crippen LogP contribution in [0, 0.1) is 5.41 Å². The molecule has 5 heteroatoms. The van der Waals surface area contributed by atoms with E-state index in [2.05, 4.69) is 44.8 Å². The van der Waals surface area contributed by atoms with Crippen LogP contribution in [-0.2, 0) is 12.0 Å². The second-order valence-corrected chi connectivity index (χ2v) is 8.76. The highest BCUT2D eigenvalue weighted by molar-refractivity contribution is 5.73. The third-order valence-corrected chi connectivity index (χ3v) is 4.59. The van der Waals surface area contributed by atoms with E-state index in [1.54, 1.807) is 0 Å². The number of aliphatic hydroxyl groups is 1. The highest BCUT2D eigenvalue weighted by Crippen LogP contribution is 2.39. The molecule has 0 saturated heterocycles. The van der Waals surface area contributed by atoms with Gasteiger partial charge in [-0.1, -0.05) is 46.8 Å². The van der Waals surface area contributed by atoms with Crippen molar-refractivity contribution in [3.63, 3.8) is 0 Å². The predicted octanol–water partition coefficient (Wildman–Crippen LogP) is 4.33. The van der Waals surface area contributed by atoms with E-state index in [0.717, 1.165) is 23.0 Å². The number of nitrogens with zero attached hydrogens (tertiary/aromatic N) is 3. The van der Waals surface area contributed by atoms with Crippen LogP contribution in [0.2, 0.25) is 0 Å². The number of aliphatic hydroxyl groups excluding tert-OH is 1. The molecule has 0 spiro atoms. The van der Waals surface area contributed by atoms with Crippen molar-refractivity contribution in [3.05, 3.63) is 47.5 Å². The summed E-state index contributed by atoms with van der Waals surface area (Å²) in [7, 11) is 0. The molecule has 0 atom stereocenters. The zero-order chi connectivity index (χ0) is 19.1. The first-order valence-corrected chi connectivity index (χ1v) is 8.90. The first kappa shape index (κ1) is 18.4. The quantitative estimate of drug-likeness (QED) is 0.732. The second-order valence-electron chi connectivity index (χ2n) is 8.76. The summed E-state index contributed by atoms with van der Waals surface area (Å²) in [4.78, 5) is 1.45. The lowest BCUT2D eigenvalue weighted by Gasteiger charge is -2.33. The molecule has 0 unspecified atom stereocenters. The molecule has 138 valence electrons. The van der Waals surface area contributed by atoms with Crippen LogP contribution in [0.15, 0.2) is 36.4 Å². The molecule has 0 fully saturated rings. The average Bonchev–Trinajstić information content (AvgIpc) is 2.96. The van der Waals surface area contributed by atoms with E-state index in [4.69, 9.17) is 0 Å². The molecule has 0 amide bonds. The number of phenols is 1. The molecule has 0 aliphatic carbocycles. The molecule has 0 radical (unpaired) electrons. The molecular formula is C21H27N3O2. The molecule has 1 aromatic heterocycles. The molecule has 1 heterocycles. The third-order valence-electron chi connectivity index (χ3n) is 4.59.